The second-order valence-corrected chi connectivity index (χ2v) is 9.19. The zero-order valence-corrected chi connectivity index (χ0v) is 21.4. The van der Waals surface area contributed by atoms with Crippen LogP contribution in [0.15, 0.2) is 83.3 Å². The summed E-state index contributed by atoms with van der Waals surface area (Å²) >= 11 is 9.62. The van der Waals surface area contributed by atoms with Crippen molar-refractivity contribution < 1.29 is 14.3 Å². The van der Waals surface area contributed by atoms with Crippen LogP contribution < -0.4 is 10.1 Å². The van der Waals surface area contributed by atoms with Gasteiger partial charge in [0.25, 0.3) is 5.91 Å². The van der Waals surface area contributed by atoms with Gasteiger partial charge in [0, 0.05) is 24.0 Å². The van der Waals surface area contributed by atoms with Crippen LogP contribution >= 0.6 is 27.5 Å². The summed E-state index contributed by atoms with van der Waals surface area (Å²) in [6.45, 7) is 2.59. The molecule has 0 aliphatic carbocycles. The highest BCUT2D eigenvalue weighted by molar-refractivity contribution is 9.10. The van der Waals surface area contributed by atoms with Gasteiger partial charge in [-0.25, -0.2) is 0 Å². The summed E-state index contributed by atoms with van der Waals surface area (Å²) in [6.07, 6.45) is 1.20. The van der Waals surface area contributed by atoms with Crippen LogP contribution in [0.5, 0.6) is 5.75 Å². The second kappa shape index (κ2) is 13.2. The fourth-order valence-corrected chi connectivity index (χ4v) is 4.24. The lowest BCUT2D eigenvalue weighted by atomic mass is 10.0. The van der Waals surface area contributed by atoms with Crippen LogP contribution in [0.3, 0.4) is 0 Å². The van der Waals surface area contributed by atoms with Crippen molar-refractivity contribution in [1.29, 1.82) is 0 Å². The molecule has 0 saturated heterocycles. The van der Waals surface area contributed by atoms with Crippen molar-refractivity contribution in [3.63, 3.8) is 0 Å². The Hall–Kier alpha value is -2.83. The Labute approximate surface area is 214 Å². The summed E-state index contributed by atoms with van der Waals surface area (Å²) in [5.74, 6) is -0.0694. The fraction of sp³-hybridized carbons (Fsp3) is 0.259. The zero-order chi connectivity index (χ0) is 24.3. The van der Waals surface area contributed by atoms with E-state index in [1.54, 1.807) is 23.1 Å². The number of benzene rings is 3. The summed E-state index contributed by atoms with van der Waals surface area (Å²) in [6, 6.07) is 23.9. The Morgan fingerprint density at radius 1 is 1.00 bits per heavy atom. The first-order valence-electron chi connectivity index (χ1n) is 11.2. The molecule has 0 fully saturated rings. The number of rotatable bonds is 11. The van der Waals surface area contributed by atoms with Crippen molar-refractivity contribution >= 4 is 39.3 Å². The first kappa shape index (κ1) is 25.8. The minimum Gasteiger partial charge on any atom is -0.482 e. The number of hydrogen-bond acceptors (Lipinski definition) is 3. The molecular formula is C27H28BrClN2O3. The van der Waals surface area contributed by atoms with E-state index in [-0.39, 0.29) is 25.0 Å². The van der Waals surface area contributed by atoms with Crippen LogP contribution in [-0.4, -0.2) is 35.9 Å². The van der Waals surface area contributed by atoms with E-state index in [9.17, 15) is 9.59 Å². The van der Waals surface area contributed by atoms with Gasteiger partial charge in [0.2, 0.25) is 5.91 Å². The van der Waals surface area contributed by atoms with E-state index < -0.39 is 6.04 Å². The molecule has 0 spiro atoms. The molecular weight excluding hydrogens is 516 g/mol. The van der Waals surface area contributed by atoms with E-state index in [1.165, 1.54) is 0 Å². The molecule has 3 aromatic carbocycles. The van der Waals surface area contributed by atoms with Crippen LogP contribution in [0, 0.1) is 0 Å². The van der Waals surface area contributed by atoms with Gasteiger partial charge in [0.15, 0.2) is 6.61 Å². The molecule has 0 radical (unpaired) electrons. The molecule has 5 nitrogen and oxygen atoms in total. The second-order valence-electron chi connectivity index (χ2n) is 7.87. The molecule has 0 unspecified atom stereocenters. The Morgan fingerprint density at radius 3 is 2.26 bits per heavy atom. The lowest BCUT2D eigenvalue weighted by molar-refractivity contribution is -0.142. The van der Waals surface area contributed by atoms with E-state index in [2.05, 4.69) is 21.2 Å². The molecule has 3 rings (SSSR count). The number of carbonyl (C=O) groups is 2. The van der Waals surface area contributed by atoms with Gasteiger partial charge in [-0.05, 0) is 35.7 Å². The Morgan fingerprint density at radius 2 is 1.65 bits per heavy atom. The molecule has 1 N–H and O–H groups in total. The molecule has 34 heavy (non-hydrogen) atoms. The maximum absolute atomic E-state index is 13.5. The topological polar surface area (TPSA) is 58.6 Å². The number of carbonyl (C=O) groups excluding carboxylic acids is 2. The third-order valence-corrected chi connectivity index (χ3v) is 6.05. The first-order valence-corrected chi connectivity index (χ1v) is 12.4. The van der Waals surface area contributed by atoms with Crippen molar-refractivity contribution in [1.82, 2.24) is 10.2 Å². The van der Waals surface area contributed by atoms with E-state index in [4.69, 9.17) is 16.3 Å². The average molecular weight is 544 g/mol. The lowest BCUT2D eigenvalue weighted by Crippen LogP contribution is -2.51. The number of nitrogens with one attached hydrogen (secondary N) is 1. The number of hydrogen-bond donors (Lipinski definition) is 1. The maximum Gasteiger partial charge on any atom is 0.261 e. The van der Waals surface area contributed by atoms with Crippen LogP contribution in [0.4, 0.5) is 0 Å². The molecule has 0 saturated carbocycles. The predicted octanol–water partition coefficient (Wildman–Crippen LogP) is 5.65. The van der Waals surface area contributed by atoms with Gasteiger partial charge in [0.05, 0.1) is 5.02 Å². The Bertz CT molecular complexity index is 1080. The molecule has 2 amide bonds. The van der Waals surface area contributed by atoms with Gasteiger partial charge in [-0.2, -0.15) is 0 Å². The molecule has 0 bridgehead atoms. The minimum atomic E-state index is -0.689. The minimum absolute atomic E-state index is 0.184. The largest absolute Gasteiger partial charge is 0.482 e. The highest BCUT2D eigenvalue weighted by atomic mass is 79.9. The van der Waals surface area contributed by atoms with E-state index in [1.807, 2.05) is 67.6 Å². The predicted molar refractivity (Wildman–Crippen MR) is 139 cm³/mol. The number of ether oxygens (including phenoxy) is 1. The lowest BCUT2D eigenvalue weighted by Gasteiger charge is -2.31. The van der Waals surface area contributed by atoms with Crippen LogP contribution in [0.2, 0.25) is 5.02 Å². The molecule has 0 aromatic heterocycles. The van der Waals surface area contributed by atoms with Crippen molar-refractivity contribution in [2.75, 3.05) is 13.2 Å². The summed E-state index contributed by atoms with van der Waals surface area (Å²) in [5.41, 5.74) is 1.90. The monoisotopic (exact) mass is 542 g/mol. The first-order chi connectivity index (χ1) is 16.5. The highest BCUT2D eigenvalue weighted by Crippen LogP contribution is 2.28. The van der Waals surface area contributed by atoms with Gasteiger partial charge in [-0.3, -0.25) is 9.59 Å². The molecule has 0 heterocycles. The van der Waals surface area contributed by atoms with Gasteiger partial charge in [-0.1, -0.05) is 95.1 Å². The Balaban J connectivity index is 1.87. The summed E-state index contributed by atoms with van der Waals surface area (Å²) in [5, 5.41) is 3.36. The van der Waals surface area contributed by atoms with Crippen LogP contribution in [0.25, 0.3) is 0 Å². The quantitative estimate of drug-likeness (QED) is 0.340. The fourth-order valence-electron chi connectivity index (χ4n) is 3.51. The molecule has 1 atom stereocenters. The van der Waals surface area contributed by atoms with E-state index in [0.717, 1.165) is 22.0 Å². The SMILES string of the molecule is CCCNC(=O)[C@H](Cc1ccccc1)N(Cc1ccccc1)C(=O)COc1ccc(Br)cc1Cl. The van der Waals surface area contributed by atoms with Crippen molar-refractivity contribution in [2.24, 2.45) is 0 Å². The van der Waals surface area contributed by atoms with Crippen LogP contribution in [0.1, 0.15) is 24.5 Å². The third-order valence-electron chi connectivity index (χ3n) is 5.26. The zero-order valence-electron chi connectivity index (χ0n) is 19.0. The normalized spacial score (nSPS) is 11.5. The van der Waals surface area contributed by atoms with Gasteiger partial charge in [0.1, 0.15) is 11.8 Å². The maximum atomic E-state index is 13.5. The van der Waals surface area contributed by atoms with Gasteiger partial charge >= 0.3 is 0 Å². The van der Waals surface area contributed by atoms with Gasteiger partial charge in [-0.15, -0.1) is 0 Å². The highest BCUT2D eigenvalue weighted by Gasteiger charge is 2.30. The standard InChI is InChI=1S/C27H28BrClN2O3/c1-2-15-30-27(33)24(16-20-9-5-3-6-10-20)31(18-21-11-7-4-8-12-21)26(32)19-34-25-14-13-22(28)17-23(25)29/h3-14,17,24H,2,15-16,18-19H2,1H3,(H,30,33)/t24-/m0/s1. The number of halogens is 2. The molecule has 3 aromatic rings. The summed E-state index contributed by atoms with van der Waals surface area (Å²) in [4.78, 5) is 28.3. The van der Waals surface area contributed by atoms with E-state index >= 15 is 0 Å². The van der Waals surface area contributed by atoms with Crippen molar-refractivity contribution in [3.05, 3.63) is 99.5 Å². The van der Waals surface area contributed by atoms with Crippen molar-refractivity contribution in [2.45, 2.75) is 32.4 Å². The van der Waals surface area contributed by atoms with Gasteiger partial charge < -0.3 is 15.0 Å². The third kappa shape index (κ3) is 7.61. The van der Waals surface area contributed by atoms with E-state index in [0.29, 0.717) is 23.7 Å². The summed E-state index contributed by atoms with van der Waals surface area (Å²) in [7, 11) is 0. The smallest absolute Gasteiger partial charge is 0.261 e. The summed E-state index contributed by atoms with van der Waals surface area (Å²) < 4.78 is 6.57. The average Bonchev–Trinajstić information content (AvgIpc) is 2.85. The molecule has 0 aliphatic rings. The number of nitrogens with zero attached hydrogens (tertiary/aromatic N) is 1. The molecule has 0 aliphatic heterocycles. The Kier molecular flexibility index (Phi) is 9.98. The molecule has 178 valence electrons. The van der Waals surface area contributed by atoms with Crippen LogP contribution in [-0.2, 0) is 22.6 Å². The van der Waals surface area contributed by atoms with Crippen molar-refractivity contribution in [3.8, 4) is 5.75 Å². The number of amides is 2. The molecule has 7 heteroatoms.